The number of fused-ring (bicyclic) bond motifs is 3. The summed E-state index contributed by atoms with van der Waals surface area (Å²) in [5, 5.41) is 4.81. The summed E-state index contributed by atoms with van der Waals surface area (Å²) in [4.78, 5) is 4.71. The Morgan fingerprint density at radius 3 is 3.00 bits per heavy atom. The number of nitrogens with one attached hydrogen (secondary N) is 1. The standard InChI is InChI=1S/C15H18N2S/c1-9-2-5-12-14(6-9)18-15(16-12)17-13-8-10-3-4-11(13)7-10/h2,5-6,10-11,13H,3-4,7-8H2,1H3,(H,16,17). The minimum atomic E-state index is 0.686. The molecule has 18 heavy (non-hydrogen) atoms. The Morgan fingerprint density at radius 1 is 1.28 bits per heavy atom. The quantitative estimate of drug-likeness (QED) is 0.873. The molecule has 2 fully saturated rings. The van der Waals surface area contributed by atoms with Crippen molar-refractivity contribution in [2.24, 2.45) is 11.8 Å². The second kappa shape index (κ2) is 3.95. The van der Waals surface area contributed by atoms with Gasteiger partial charge in [0.2, 0.25) is 0 Å². The molecule has 3 atom stereocenters. The monoisotopic (exact) mass is 258 g/mol. The van der Waals surface area contributed by atoms with Crippen LogP contribution in [0.25, 0.3) is 10.2 Å². The van der Waals surface area contributed by atoms with Gasteiger partial charge in [0.05, 0.1) is 10.2 Å². The average molecular weight is 258 g/mol. The first-order chi connectivity index (χ1) is 8.78. The molecule has 1 aromatic carbocycles. The molecule has 2 nitrogen and oxygen atoms in total. The summed E-state index contributed by atoms with van der Waals surface area (Å²) < 4.78 is 1.31. The molecule has 1 N–H and O–H groups in total. The highest BCUT2D eigenvalue weighted by Gasteiger charge is 2.39. The fraction of sp³-hybridized carbons (Fsp3) is 0.533. The topological polar surface area (TPSA) is 24.9 Å². The van der Waals surface area contributed by atoms with E-state index < -0.39 is 0 Å². The van der Waals surface area contributed by atoms with Crippen molar-refractivity contribution in [3.05, 3.63) is 23.8 Å². The summed E-state index contributed by atoms with van der Waals surface area (Å²) in [7, 11) is 0. The van der Waals surface area contributed by atoms with E-state index in [4.69, 9.17) is 4.98 Å². The van der Waals surface area contributed by atoms with E-state index in [1.807, 2.05) is 0 Å². The summed E-state index contributed by atoms with van der Waals surface area (Å²) in [6, 6.07) is 7.19. The molecular weight excluding hydrogens is 240 g/mol. The molecule has 0 radical (unpaired) electrons. The summed E-state index contributed by atoms with van der Waals surface area (Å²) in [6.45, 7) is 2.14. The first-order valence-electron chi connectivity index (χ1n) is 6.91. The molecule has 0 amide bonds. The molecule has 2 aliphatic carbocycles. The third-order valence-electron chi connectivity index (χ3n) is 4.59. The largest absolute Gasteiger partial charge is 0.358 e. The van der Waals surface area contributed by atoms with E-state index in [1.54, 1.807) is 11.3 Å². The maximum absolute atomic E-state index is 4.71. The van der Waals surface area contributed by atoms with Crippen LogP contribution >= 0.6 is 11.3 Å². The molecule has 1 aromatic heterocycles. The van der Waals surface area contributed by atoms with E-state index in [0.29, 0.717) is 6.04 Å². The van der Waals surface area contributed by atoms with E-state index in [0.717, 1.165) is 22.5 Å². The predicted molar refractivity (Wildman–Crippen MR) is 77.2 cm³/mol. The summed E-state index contributed by atoms with van der Waals surface area (Å²) in [5.74, 6) is 1.90. The number of aryl methyl sites for hydroxylation is 1. The summed E-state index contributed by atoms with van der Waals surface area (Å²) in [5.41, 5.74) is 2.45. The Labute approximate surface area is 111 Å². The van der Waals surface area contributed by atoms with Gasteiger partial charge < -0.3 is 5.32 Å². The second-order valence-corrected chi connectivity index (χ2v) is 6.95. The Morgan fingerprint density at radius 2 is 2.22 bits per heavy atom. The highest BCUT2D eigenvalue weighted by molar-refractivity contribution is 7.22. The van der Waals surface area contributed by atoms with Gasteiger partial charge in [-0.15, -0.1) is 0 Å². The molecule has 1 heterocycles. The van der Waals surface area contributed by atoms with Crippen LogP contribution in [0.2, 0.25) is 0 Å². The smallest absolute Gasteiger partial charge is 0.184 e. The van der Waals surface area contributed by atoms with Gasteiger partial charge in [0.1, 0.15) is 0 Å². The van der Waals surface area contributed by atoms with Crippen LogP contribution in [0.1, 0.15) is 31.2 Å². The van der Waals surface area contributed by atoms with Crippen molar-refractivity contribution in [3.63, 3.8) is 0 Å². The number of rotatable bonds is 2. The van der Waals surface area contributed by atoms with Crippen LogP contribution < -0.4 is 5.32 Å². The lowest BCUT2D eigenvalue weighted by molar-refractivity contribution is 0.439. The Balaban J connectivity index is 1.59. The normalized spacial score (nSPS) is 30.2. The average Bonchev–Trinajstić information content (AvgIpc) is 3.02. The van der Waals surface area contributed by atoms with Gasteiger partial charge in [-0.3, -0.25) is 0 Å². The summed E-state index contributed by atoms with van der Waals surface area (Å²) in [6.07, 6.45) is 5.69. The molecular formula is C15H18N2S. The Kier molecular flexibility index (Phi) is 2.37. The zero-order valence-corrected chi connectivity index (χ0v) is 11.5. The zero-order valence-electron chi connectivity index (χ0n) is 10.6. The van der Waals surface area contributed by atoms with Gasteiger partial charge >= 0.3 is 0 Å². The van der Waals surface area contributed by atoms with E-state index in [2.05, 4.69) is 30.4 Å². The van der Waals surface area contributed by atoms with Gasteiger partial charge in [-0.2, -0.15) is 0 Å². The maximum Gasteiger partial charge on any atom is 0.184 e. The molecule has 2 aliphatic rings. The minimum absolute atomic E-state index is 0.686. The van der Waals surface area contributed by atoms with Crippen molar-refractivity contribution in [2.45, 2.75) is 38.6 Å². The van der Waals surface area contributed by atoms with Crippen LogP contribution in [0.3, 0.4) is 0 Å². The SMILES string of the molecule is Cc1ccc2nc(NC3CC4CCC3C4)sc2c1. The lowest BCUT2D eigenvalue weighted by Gasteiger charge is -2.22. The zero-order chi connectivity index (χ0) is 12.1. The van der Waals surface area contributed by atoms with Crippen LogP contribution in [-0.4, -0.2) is 11.0 Å². The van der Waals surface area contributed by atoms with Crippen molar-refractivity contribution in [1.82, 2.24) is 4.98 Å². The molecule has 2 saturated carbocycles. The van der Waals surface area contributed by atoms with Crippen LogP contribution in [-0.2, 0) is 0 Å². The summed E-state index contributed by atoms with van der Waals surface area (Å²) >= 11 is 1.80. The van der Waals surface area contributed by atoms with Crippen molar-refractivity contribution < 1.29 is 0 Å². The Bertz CT molecular complexity index is 589. The van der Waals surface area contributed by atoms with Crippen LogP contribution in [0.5, 0.6) is 0 Å². The number of thiazole rings is 1. The Hall–Kier alpha value is -1.09. The lowest BCUT2D eigenvalue weighted by Crippen LogP contribution is -2.25. The highest BCUT2D eigenvalue weighted by Crippen LogP contribution is 2.45. The lowest BCUT2D eigenvalue weighted by atomic mass is 9.96. The molecule has 2 aromatic rings. The second-order valence-electron chi connectivity index (χ2n) is 5.92. The van der Waals surface area contributed by atoms with Crippen LogP contribution in [0.15, 0.2) is 18.2 Å². The number of benzene rings is 1. The van der Waals surface area contributed by atoms with E-state index >= 15 is 0 Å². The van der Waals surface area contributed by atoms with Gasteiger partial charge in [0.15, 0.2) is 5.13 Å². The first kappa shape index (κ1) is 10.8. The molecule has 94 valence electrons. The fourth-order valence-corrected chi connectivity index (χ4v) is 4.70. The molecule has 4 rings (SSSR count). The number of hydrogen-bond donors (Lipinski definition) is 1. The highest BCUT2D eigenvalue weighted by atomic mass is 32.1. The van der Waals surface area contributed by atoms with Gasteiger partial charge in [0, 0.05) is 6.04 Å². The molecule has 0 aliphatic heterocycles. The molecule has 2 bridgehead atoms. The van der Waals surface area contributed by atoms with E-state index in [9.17, 15) is 0 Å². The minimum Gasteiger partial charge on any atom is -0.358 e. The molecule has 0 saturated heterocycles. The first-order valence-corrected chi connectivity index (χ1v) is 7.73. The van der Waals surface area contributed by atoms with Crippen molar-refractivity contribution in [2.75, 3.05) is 5.32 Å². The fourth-order valence-electron chi connectivity index (χ4n) is 3.67. The van der Waals surface area contributed by atoms with E-state index in [1.165, 1.54) is 35.9 Å². The van der Waals surface area contributed by atoms with Crippen molar-refractivity contribution >= 4 is 26.7 Å². The number of aromatic nitrogens is 1. The number of anilines is 1. The third-order valence-corrected chi connectivity index (χ3v) is 5.54. The van der Waals surface area contributed by atoms with Gasteiger partial charge in [-0.25, -0.2) is 4.98 Å². The number of hydrogen-bond acceptors (Lipinski definition) is 3. The van der Waals surface area contributed by atoms with Gasteiger partial charge in [-0.05, 0) is 55.7 Å². The maximum atomic E-state index is 4.71. The molecule has 3 heteroatoms. The van der Waals surface area contributed by atoms with Crippen molar-refractivity contribution in [3.8, 4) is 0 Å². The van der Waals surface area contributed by atoms with Crippen molar-refractivity contribution in [1.29, 1.82) is 0 Å². The van der Waals surface area contributed by atoms with Crippen LogP contribution in [0.4, 0.5) is 5.13 Å². The third kappa shape index (κ3) is 1.72. The van der Waals surface area contributed by atoms with Gasteiger partial charge in [-0.1, -0.05) is 23.8 Å². The van der Waals surface area contributed by atoms with Gasteiger partial charge in [0.25, 0.3) is 0 Å². The van der Waals surface area contributed by atoms with E-state index in [-0.39, 0.29) is 0 Å². The molecule has 3 unspecified atom stereocenters. The predicted octanol–water partition coefficient (Wildman–Crippen LogP) is 4.21. The number of nitrogens with zero attached hydrogens (tertiary/aromatic N) is 1. The molecule has 0 spiro atoms. The van der Waals surface area contributed by atoms with Crippen LogP contribution in [0, 0.1) is 18.8 Å².